The van der Waals surface area contributed by atoms with Crippen LogP contribution in [0.25, 0.3) is 0 Å². The zero-order valence-corrected chi connectivity index (χ0v) is 17.7. The average molecular weight is 410 g/mol. The maximum Gasteiger partial charge on any atom is 0.310 e. The Bertz CT molecular complexity index is 1010. The average Bonchev–Trinajstić information content (AvgIpc) is 2.57. The van der Waals surface area contributed by atoms with Gasteiger partial charge in [-0.3, -0.25) is 19.7 Å². The molecule has 0 aromatic heterocycles. The number of Topliss-reactive ketones (excluding diaryl/α,β-unsaturated/α-hetero) is 2. The first-order valence-corrected chi connectivity index (χ1v) is 10.2. The van der Waals surface area contributed by atoms with Gasteiger partial charge in [-0.2, -0.15) is 0 Å². The van der Waals surface area contributed by atoms with Crippen molar-refractivity contribution in [3.05, 3.63) is 56.4 Å². The third-order valence-corrected chi connectivity index (χ3v) is 6.25. The number of nitro groups is 1. The van der Waals surface area contributed by atoms with Crippen molar-refractivity contribution in [3.8, 4) is 5.75 Å². The summed E-state index contributed by atoms with van der Waals surface area (Å²) in [6.45, 7) is 8.15. The molecule has 1 aromatic rings. The van der Waals surface area contributed by atoms with Crippen LogP contribution in [0.1, 0.15) is 64.9 Å². The lowest BCUT2D eigenvalue weighted by Crippen LogP contribution is -2.42. The van der Waals surface area contributed by atoms with Gasteiger partial charge < -0.3 is 10.4 Å². The molecule has 158 valence electrons. The minimum atomic E-state index is -0.651. The topological polar surface area (TPSA) is 110 Å². The summed E-state index contributed by atoms with van der Waals surface area (Å²) in [6, 6.07) is 4.14. The van der Waals surface area contributed by atoms with Crippen LogP contribution in [0.4, 0.5) is 5.69 Å². The van der Waals surface area contributed by atoms with Crippen LogP contribution in [-0.2, 0) is 9.59 Å². The van der Waals surface area contributed by atoms with E-state index in [-0.39, 0.29) is 22.4 Å². The number of hydrogen-bond acceptors (Lipinski definition) is 6. The first kappa shape index (κ1) is 20.3. The lowest BCUT2D eigenvalue weighted by molar-refractivity contribution is -0.385. The van der Waals surface area contributed by atoms with Gasteiger partial charge in [-0.15, -0.1) is 0 Å². The highest BCUT2D eigenvalue weighted by Crippen LogP contribution is 2.51. The molecular formula is C23H26N2O5. The number of allylic oxidation sites excluding steroid dienone is 4. The predicted octanol–water partition coefficient (Wildman–Crippen LogP) is 4.27. The van der Waals surface area contributed by atoms with Gasteiger partial charge in [0, 0.05) is 47.4 Å². The normalized spacial score (nSPS) is 23.1. The first-order chi connectivity index (χ1) is 13.9. The summed E-state index contributed by atoms with van der Waals surface area (Å²) in [6.07, 6.45) is 2.03. The van der Waals surface area contributed by atoms with E-state index in [1.54, 1.807) is 6.07 Å². The van der Waals surface area contributed by atoms with Crippen LogP contribution in [0.3, 0.4) is 0 Å². The molecular weight excluding hydrogens is 384 g/mol. The van der Waals surface area contributed by atoms with Crippen molar-refractivity contribution >= 4 is 17.3 Å². The van der Waals surface area contributed by atoms with Gasteiger partial charge in [0.15, 0.2) is 17.3 Å². The SMILES string of the molecule is CC1(C)CC(=O)C2=C(C1)NC1=C(C(=O)CC(C)(C)C1)C2c1ccc(O)c([N+](=O)[O-])c1. The molecule has 7 nitrogen and oxygen atoms in total. The number of dihydropyridines is 1. The maximum absolute atomic E-state index is 13.2. The third-order valence-electron chi connectivity index (χ3n) is 6.25. The molecule has 0 saturated heterocycles. The number of nitrogens with zero attached hydrogens (tertiary/aromatic N) is 1. The minimum absolute atomic E-state index is 0.0429. The molecule has 4 rings (SSSR count). The Morgan fingerprint density at radius 1 is 0.967 bits per heavy atom. The Kier molecular flexibility index (Phi) is 4.42. The van der Waals surface area contributed by atoms with Gasteiger partial charge in [-0.25, -0.2) is 0 Å². The Labute approximate surface area is 175 Å². The molecule has 0 radical (unpaired) electrons. The highest BCUT2D eigenvalue weighted by Gasteiger charge is 2.46. The van der Waals surface area contributed by atoms with E-state index >= 15 is 0 Å². The number of ketones is 2. The lowest BCUT2D eigenvalue weighted by atomic mass is 9.64. The summed E-state index contributed by atoms with van der Waals surface area (Å²) in [5.74, 6) is -1.17. The molecule has 2 N–H and O–H groups in total. The Hall–Kier alpha value is -2.96. The van der Waals surface area contributed by atoms with Crippen LogP contribution in [0, 0.1) is 20.9 Å². The molecule has 1 heterocycles. The summed E-state index contributed by atoms with van der Waals surface area (Å²) in [4.78, 5) is 37.2. The van der Waals surface area contributed by atoms with Crippen molar-refractivity contribution in [2.24, 2.45) is 10.8 Å². The van der Waals surface area contributed by atoms with E-state index in [9.17, 15) is 24.8 Å². The standard InChI is InChI=1S/C23H26N2O5/c1-22(2)8-13-20(17(27)10-22)19(12-5-6-16(26)15(7-12)25(29)30)21-14(24-13)9-23(3,4)11-18(21)28/h5-7,19,24,26H,8-11H2,1-4H3. The molecule has 0 atom stereocenters. The minimum Gasteiger partial charge on any atom is -0.502 e. The summed E-state index contributed by atoms with van der Waals surface area (Å²) < 4.78 is 0. The molecule has 0 bridgehead atoms. The van der Waals surface area contributed by atoms with E-state index in [4.69, 9.17) is 0 Å². The van der Waals surface area contributed by atoms with Crippen molar-refractivity contribution in [2.45, 2.75) is 59.3 Å². The number of aromatic hydroxyl groups is 1. The molecule has 0 amide bonds. The van der Waals surface area contributed by atoms with Crippen molar-refractivity contribution in [2.75, 3.05) is 0 Å². The number of rotatable bonds is 2. The predicted molar refractivity (Wildman–Crippen MR) is 111 cm³/mol. The smallest absolute Gasteiger partial charge is 0.310 e. The van der Waals surface area contributed by atoms with Crippen LogP contribution in [0.2, 0.25) is 0 Å². The number of phenols is 1. The van der Waals surface area contributed by atoms with Crippen LogP contribution < -0.4 is 5.32 Å². The molecule has 1 aliphatic heterocycles. The zero-order valence-electron chi connectivity index (χ0n) is 17.7. The lowest BCUT2D eigenvalue weighted by Gasteiger charge is -2.43. The number of carbonyl (C=O) groups is 2. The molecule has 7 heteroatoms. The fraction of sp³-hybridized carbons (Fsp3) is 0.478. The number of phenolic OH excluding ortho intramolecular Hbond substituents is 1. The number of carbonyl (C=O) groups excluding carboxylic acids is 2. The second-order valence-corrected chi connectivity index (χ2v) is 10.2. The Morgan fingerprint density at radius 2 is 1.47 bits per heavy atom. The summed E-state index contributed by atoms with van der Waals surface area (Å²) >= 11 is 0. The van der Waals surface area contributed by atoms with Crippen LogP contribution in [-0.4, -0.2) is 21.6 Å². The van der Waals surface area contributed by atoms with Gasteiger partial charge in [0.1, 0.15) is 0 Å². The number of nitro benzene ring substituents is 1. The zero-order chi connectivity index (χ0) is 22.0. The van der Waals surface area contributed by atoms with E-state index in [2.05, 4.69) is 5.32 Å². The van der Waals surface area contributed by atoms with Crippen molar-refractivity contribution in [1.29, 1.82) is 0 Å². The third kappa shape index (κ3) is 3.32. The van der Waals surface area contributed by atoms with Crippen LogP contribution in [0.5, 0.6) is 5.75 Å². The highest BCUT2D eigenvalue weighted by atomic mass is 16.6. The van der Waals surface area contributed by atoms with Crippen LogP contribution in [0.15, 0.2) is 40.7 Å². The second-order valence-electron chi connectivity index (χ2n) is 10.2. The van der Waals surface area contributed by atoms with Gasteiger partial charge in [0.2, 0.25) is 0 Å². The maximum atomic E-state index is 13.2. The van der Waals surface area contributed by atoms with E-state index in [0.717, 1.165) is 11.4 Å². The second kappa shape index (κ2) is 6.52. The highest BCUT2D eigenvalue weighted by molar-refractivity contribution is 6.06. The van der Waals surface area contributed by atoms with E-state index < -0.39 is 22.3 Å². The molecule has 0 saturated carbocycles. The molecule has 2 aliphatic carbocycles. The Balaban J connectivity index is 1.94. The monoisotopic (exact) mass is 410 g/mol. The Morgan fingerprint density at radius 3 is 1.93 bits per heavy atom. The number of nitrogens with one attached hydrogen (secondary N) is 1. The molecule has 30 heavy (non-hydrogen) atoms. The first-order valence-electron chi connectivity index (χ1n) is 10.2. The van der Waals surface area contributed by atoms with Crippen molar-refractivity contribution in [1.82, 2.24) is 5.32 Å². The van der Waals surface area contributed by atoms with Gasteiger partial charge in [0.25, 0.3) is 0 Å². The number of hydrogen-bond donors (Lipinski definition) is 2. The fourth-order valence-electron chi connectivity index (χ4n) is 5.09. The fourth-order valence-corrected chi connectivity index (χ4v) is 5.09. The van der Waals surface area contributed by atoms with E-state index in [1.165, 1.54) is 12.1 Å². The summed E-state index contributed by atoms with van der Waals surface area (Å²) in [5.41, 5.74) is 2.32. The quantitative estimate of drug-likeness (QED) is 0.556. The van der Waals surface area contributed by atoms with Crippen molar-refractivity contribution in [3.63, 3.8) is 0 Å². The van der Waals surface area contributed by atoms with Gasteiger partial charge in [0.05, 0.1) is 4.92 Å². The molecule has 0 unspecified atom stereocenters. The largest absolute Gasteiger partial charge is 0.502 e. The van der Waals surface area contributed by atoms with Gasteiger partial charge in [-0.05, 0) is 35.3 Å². The number of benzene rings is 1. The molecule has 0 spiro atoms. The van der Waals surface area contributed by atoms with Crippen molar-refractivity contribution < 1.29 is 19.6 Å². The summed E-state index contributed by atoms with van der Waals surface area (Å²) in [7, 11) is 0. The van der Waals surface area contributed by atoms with Gasteiger partial charge >= 0.3 is 5.69 Å². The van der Waals surface area contributed by atoms with E-state index in [0.29, 0.717) is 42.4 Å². The van der Waals surface area contributed by atoms with Gasteiger partial charge in [-0.1, -0.05) is 33.8 Å². The molecule has 3 aliphatic rings. The summed E-state index contributed by atoms with van der Waals surface area (Å²) in [5, 5.41) is 24.7. The van der Waals surface area contributed by atoms with Crippen LogP contribution >= 0.6 is 0 Å². The molecule has 1 aromatic carbocycles. The molecule has 0 fully saturated rings. The van der Waals surface area contributed by atoms with E-state index in [1.807, 2.05) is 27.7 Å².